The monoisotopic (exact) mass is 189 g/mol. The van der Waals surface area contributed by atoms with Gasteiger partial charge in [0.1, 0.15) is 0 Å². The van der Waals surface area contributed by atoms with E-state index in [0.717, 1.165) is 6.54 Å². The van der Waals surface area contributed by atoms with E-state index in [-0.39, 0.29) is 0 Å². The molecule has 0 aliphatic heterocycles. The molecule has 0 bridgehead atoms. The van der Waals surface area contributed by atoms with Gasteiger partial charge in [-0.15, -0.1) is 0 Å². The molecule has 1 heteroatoms. The van der Waals surface area contributed by atoms with Crippen LogP contribution in [0.5, 0.6) is 0 Å². The van der Waals surface area contributed by atoms with Gasteiger partial charge in [-0.25, -0.2) is 0 Å². The van der Waals surface area contributed by atoms with Gasteiger partial charge in [0.2, 0.25) is 0 Å². The molecule has 0 spiro atoms. The largest absolute Gasteiger partial charge is 0.330 e. The molecule has 1 nitrogen and oxygen atoms in total. The summed E-state index contributed by atoms with van der Waals surface area (Å²) in [5.74, 6) is 0. The van der Waals surface area contributed by atoms with Gasteiger partial charge in [0.15, 0.2) is 0 Å². The second kappa shape index (κ2) is 3.74. The van der Waals surface area contributed by atoms with Crippen molar-refractivity contribution in [1.82, 2.24) is 0 Å². The molecule has 0 aromatic heterocycles. The Hall–Kier alpha value is -0.820. The van der Waals surface area contributed by atoms with Crippen molar-refractivity contribution >= 4 is 0 Å². The molecule has 1 aliphatic rings. The average Bonchev–Trinajstić information content (AvgIpc) is 2.85. The molecule has 2 rings (SSSR count). The Labute approximate surface area is 86.3 Å². The molecular weight excluding hydrogens is 170 g/mol. The van der Waals surface area contributed by atoms with Gasteiger partial charge in [-0.2, -0.15) is 0 Å². The van der Waals surface area contributed by atoms with Gasteiger partial charge in [-0.3, -0.25) is 0 Å². The van der Waals surface area contributed by atoms with E-state index in [9.17, 15) is 0 Å². The van der Waals surface area contributed by atoms with Crippen LogP contribution in [0.2, 0.25) is 0 Å². The molecule has 1 aliphatic carbocycles. The van der Waals surface area contributed by atoms with Crippen molar-refractivity contribution in [2.24, 2.45) is 11.1 Å². The second-order valence-corrected chi connectivity index (χ2v) is 4.70. The van der Waals surface area contributed by atoms with Crippen molar-refractivity contribution in [2.75, 3.05) is 6.54 Å². The quantitative estimate of drug-likeness (QED) is 0.774. The maximum atomic E-state index is 5.64. The Morgan fingerprint density at radius 2 is 2.14 bits per heavy atom. The van der Waals surface area contributed by atoms with Crippen molar-refractivity contribution < 1.29 is 0 Å². The SMILES string of the molecule is Cc1cccc(CC2(CCN)CC2)c1. The van der Waals surface area contributed by atoms with Crippen molar-refractivity contribution in [2.45, 2.75) is 32.6 Å². The number of hydrogen-bond acceptors (Lipinski definition) is 1. The highest BCUT2D eigenvalue weighted by Gasteiger charge is 2.41. The van der Waals surface area contributed by atoms with Crippen molar-refractivity contribution in [3.05, 3.63) is 35.4 Å². The molecule has 76 valence electrons. The first kappa shape index (κ1) is 9.72. The van der Waals surface area contributed by atoms with Crippen LogP contribution in [-0.4, -0.2) is 6.54 Å². The summed E-state index contributed by atoms with van der Waals surface area (Å²) in [5, 5.41) is 0. The summed E-state index contributed by atoms with van der Waals surface area (Å²) in [4.78, 5) is 0. The first-order valence-electron chi connectivity index (χ1n) is 5.50. The topological polar surface area (TPSA) is 26.0 Å². The fourth-order valence-electron chi connectivity index (χ4n) is 2.25. The third-order valence-corrected chi connectivity index (χ3v) is 3.29. The maximum Gasteiger partial charge on any atom is -0.00719 e. The molecule has 0 unspecified atom stereocenters. The summed E-state index contributed by atoms with van der Waals surface area (Å²) >= 11 is 0. The average molecular weight is 189 g/mol. The van der Waals surface area contributed by atoms with Crippen LogP contribution in [0.25, 0.3) is 0 Å². The summed E-state index contributed by atoms with van der Waals surface area (Å²) in [6.45, 7) is 3.00. The van der Waals surface area contributed by atoms with Gasteiger partial charge in [-0.05, 0) is 50.1 Å². The maximum absolute atomic E-state index is 5.64. The summed E-state index contributed by atoms with van der Waals surface area (Å²) < 4.78 is 0. The van der Waals surface area contributed by atoms with E-state index in [0.29, 0.717) is 5.41 Å². The third-order valence-electron chi connectivity index (χ3n) is 3.29. The van der Waals surface area contributed by atoms with E-state index >= 15 is 0 Å². The smallest absolute Gasteiger partial charge is 0.00719 e. The van der Waals surface area contributed by atoms with E-state index in [1.165, 1.54) is 36.8 Å². The highest BCUT2D eigenvalue weighted by molar-refractivity contribution is 5.24. The molecule has 0 heterocycles. The fourth-order valence-corrected chi connectivity index (χ4v) is 2.25. The lowest BCUT2D eigenvalue weighted by molar-refractivity contribution is 0.471. The van der Waals surface area contributed by atoms with E-state index in [1.807, 2.05) is 0 Å². The zero-order chi connectivity index (χ0) is 10.0. The number of aryl methyl sites for hydroxylation is 1. The van der Waals surface area contributed by atoms with Gasteiger partial charge >= 0.3 is 0 Å². The third kappa shape index (κ3) is 2.16. The van der Waals surface area contributed by atoms with Crippen LogP contribution in [0.3, 0.4) is 0 Å². The summed E-state index contributed by atoms with van der Waals surface area (Å²) in [5.41, 5.74) is 9.06. The number of nitrogens with two attached hydrogens (primary N) is 1. The van der Waals surface area contributed by atoms with Gasteiger partial charge in [0, 0.05) is 0 Å². The lowest BCUT2D eigenvalue weighted by Crippen LogP contribution is -2.12. The molecular formula is C13H19N. The number of benzene rings is 1. The van der Waals surface area contributed by atoms with Crippen LogP contribution in [0, 0.1) is 12.3 Å². The van der Waals surface area contributed by atoms with E-state index in [1.54, 1.807) is 0 Å². The number of hydrogen-bond donors (Lipinski definition) is 1. The molecule has 1 aromatic carbocycles. The van der Waals surface area contributed by atoms with Crippen molar-refractivity contribution in [3.63, 3.8) is 0 Å². The molecule has 2 N–H and O–H groups in total. The molecule has 1 fully saturated rings. The normalized spacial score (nSPS) is 18.1. The van der Waals surface area contributed by atoms with Crippen LogP contribution >= 0.6 is 0 Å². The summed E-state index contributed by atoms with van der Waals surface area (Å²) in [7, 11) is 0. The second-order valence-electron chi connectivity index (χ2n) is 4.70. The summed E-state index contributed by atoms with van der Waals surface area (Å²) in [6, 6.07) is 8.86. The van der Waals surface area contributed by atoms with Crippen LogP contribution < -0.4 is 5.73 Å². The number of rotatable bonds is 4. The Balaban J connectivity index is 2.03. The van der Waals surface area contributed by atoms with Gasteiger partial charge in [-0.1, -0.05) is 29.8 Å². The highest BCUT2D eigenvalue weighted by Crippen LogP contribution is 2.50. The lowest BCUT2D eigenvalue weighted by atomic mass is 9.92. The molecule has 1 saturated carbocycles. The van der Waals surface area contributed by atoms with Gasteiger partial charge in [0.05, 0.1) is 0 Å². The Kier molecular flexibility index (Phi) is 2.60. The minimum atomic E-state index is 0.572. The van der Waals surface area contributed by atoms with Gasteiger partial charge in [0.25, 0.3) is 0 Å². The molecule has 1 aromatic rings. The molecule has 0 radical (unpaired) electrons. The van der Waals surface area contributed by atoms with Crippen LogP contribution in [0.15, 0.2) is 24.3 Å². The zero-order valence-corrected chi connectivity index (χ0v) is 8.92. The van der Waals surface area contributed by atoms with E-state index < -0.39 is 0 Å². The van der Waals surface area contributed by atoms with Crippen molar-refractivity contribution in [1.29, 1.82) is 0 Å². The standard InChI is InChI=1S/C13H19N/c1-11-3-2-4-12(9-11)10-13(5-6-13)7-8-14/h2-4,9H,5-8,10,14H2,1H3. The Morgan fingerprint density at radius 1 is 1.36 bits per heavy atom. The molecule has 0 saturated heterocycles. The minimum absolute atomic E-state index is 0.572. The minimum Gasteiger partial charge on any atom is -0.330 e. The molecule has 14 heavy (non-hydrogen) atoms. The molecule has 0 atom stereocenters. The van der Waals surface area contributed by atoms with Crippen LogP contribution in [0.1, 0.15) is 30.4 Å². The highest BCUT2D eigenvalue weighted by atomic mass is 14.6. The Bertz CT molecular complexity index is 313. The van der Waals surface area contributed by atoms with E-state index in [2.05, 4.69) is 31.2 Å². The van der Waals surface area contributed by atoms with Gasteiger partial charge < -0.3 is 5.73 Å². The molecule has 0 amide bonds. The Morgan fingerprint density at radius 3 is 2.71 bits per heavy atom. The fraction of sp³-hybridized carbons (Fsp3) is 0.538. The summed E-state index contributed by atoms with van der Waals surface area (Å²) in [6.07, 6.45) is 5.17. The van der Waals surface area contributed by atoms with Crippen molar-refractivity contribution in [3.8, 4) is 0 Å². The van der Waals surface area contributed by atoms with Crippen LogP contribution in [-0.2, 0) is 6.42 Å². The predicted octanol–water partition coefficient (Wildman–Crippen LogP) is 2.67. The van der Waals surface area contributed by atoms with E-state index in [4.69, 9.17) is 5.73 Å². The zero-order valence-electron chi connectivity index (χ0n) is 8.92. The van der Waals surface area contributed by atoms with Crippen LogP contribution in [0.4, 0.5) is 0 Å². The lowest BCUT2D eigenvalue weighted by Gasteiger charge is -2.13. The predicted molar refractivity (Wildman–Crippen MR) is 60.2 cm³/mol. The first-order chi connectivity index (χ1) is 6.74. The first-order valence-corrected chi connectivity index (χ1v) is 5.50.